The molecule has 1 amide bonds. The zero-order chi connectivity index (χ0) is 24.9. The number of carbonyl (C=O) groups excluding carboxylic acids is 2. The normalized spacial score (nSPS) is 14.7. The Hall–Kier alpha value is -2.70. The summed E-state index contributed by atoms with van der Waals surface area (Å²) in [7, 11) is 0. The molecular formula is C28H34ClN3O3. The fraction of sp³-hybridized carbons (Fsp3) is 0.464. The molecule has 0 N–H and O–H groups in total. The highest BCUT2D eigenvalue weighted by atomic mass is 35.5. The number of piperidine rings is 1. The molecule has 0 aliphatic carbocycles. The van der Waals surface area contributed by atoms with Crippen molar-refractivity contribution < 1.29 is 14.3 Å². The maximum absolute atomic E-state index is 12.8. The smallest absolute Gasteiger partial charge is 0.253 e. The highest BCUT2D eigenvalue weighted by Crippen LogP contribution is 2.25. The molecule has 186 valence electrons. The molecular weight excluding hydrogens is 462 g/mol. The van der Waals surface area contributed by atoms with Crippen molar-refractivity contribution in [2.24, 2.45) is 5.92 Å². The summed E-state index contributed by atoms with van der Waals surface area (Å²) in [6.45, 7) is 8.91. The van der Waals surface area contributed by atoms with E-state index in [1.54, 1.807) is 24.3 Å². The van der Waals surface area contributed by atoms with E-state index in [9.17, 15) is 9.59 Å². The van der Waals surface area contributed by atoms with E-state index in [-0.39, 0.29) is 17.8 Å². The summed E-state index contributed by atoms with van der Waals surface area (Å²) >= 11 is 5.94. The summed E-state index contributed by atoms with van der Waals surface area (Å²) in [5.74, 6) is 0.678. The maximum Gasteiger partial charge on any atom is 0.253 e. The fourth-order valence-corrected chi connectivity index (χ4v) is 4.85. The number of nitrogens with zero attached hydrogens (tertiary/aromatic N) is 3. The Balaban J connectivity index is 1.34. The van der Waals surface area contributed by atoms with Crippen LogP contribution < -0.4 is 0 Å². The summed E-state index contributed by atoms with van der Waals surface area (Å²) < 4.78 is 7.56. The van der Waals surface area contributed by atoms with Crippen LogP contribution in [0.3, 0.4) is 0 Å². The molecule has 0 spiro atoms. The summed E-state index contributed by atoms with van der Waals surface area (Å²) in [6, 6.07) is 10.9. The third kappa shape index (κ3) is 6.30. The van der Waals surface area contributed by atoms with Gasteiger partial charge < -0.3 is 9.64 Å². The number of halogens is 1. The van der Waals surface area contributed by atoms with Crippen molar-refractivity contribution in [2.45, 2.75) is 59.1 Å². The number of benzene rings is 2. The summed E-state index contributed by atoms with van der Waals surface area (Å²) in [5.41, 5.74) is 3.36. The van der Waals surface area contributed by atoms with Crippen LogP contribution in [0.4, 0.5) is 0 Å². The van der Waals surface area contributed by atoms with E-state index in [0.717, 1.165) is 60.9 Å². The van der Waals surface area contributed by atoms with Gasteiger partial charge in [-0.15, -0.1) is 0 Å². The van der Waals surface area contributed by atoms with Gasteiger partial charge in [-0.25, -0.2) is 0 Å². The van der Waals surface area contributed by atoms with Gasteiger partial charge in [-0.2, -0.15) is 5.10 Å². The molecule has 35 heavy (non-hydrogen) atoms. The van der Waals surface area contributed by atoms with Crippen molar-refractivity contribution in [3.63, 3.8) is 0 Å². The van der Waals surface area contributed by atoms with Gasteiger partial charge in [0.15, 0.2) is 5.78 Å². The number of ketones is 1. The van der Waals surface area contributed by atoms with Crippen LogP contribution in [-0.2, 0) is 11.3 Å². The van der Waals surface area contributed by atoms with Gasteiger partial charge in [-0.3, -0.25) is 14.3 Å². The number of carbonyl (C=O) groups is 2. The number of hydrogen-bond donors (Lipinski definition) is 0. The van der Waals surface area contributed by atoms with Gasteiger partial charge in [-0.1, -0.05) is 11.6 Å². The van der Waals surface area contributed by atoms with Gasteiger partial charge in [0.2, 0.25) is 0 Å². The standard InChI is InChI=1S/C28H34ClN3O3/c1-19(2)35-16-4-5-27(33)24-10-11-26-25(20(24)3)18-32(30-26)17-21-12-14-31(15-13-21)28(34)22-6-8-23(29)9-7-22/h6-11,18-19,21H,4-5,12-17H2,1-3H3. The minimum atomic E-state index is 0.0635. The number of likely N-dealkylation sites (tertiary alicyclic amines) is 1. The molecule has 0 saturated carbocycles. The van der Waals surface area contributed by atoms with Gasteiger partial charge >= 0.3 is 0 Å². The Morgan fingerprint density at radius 3 is 2.51 bits per heavy atom. The van der Waals surface area contributed by atoms with Gasteiger partial charge in [-0.05, 0) is 87.9 Å². The summed E-state index contributed by atoms with van der Waals surface area (Å²) in [5, 5.41) is 6.43. The molecule has 2 heterocycles. The van der Waals surface area contributed by atoms with E-state index >= 15 is 0 Å². The van der Waals surface area contributed by atoms with Crippen molar-refractivity contribution in [1.29, 1.82) is 0 Å². The first kappa shape index (κ1) is 25.4. The molecule has 6 nitrogen and oxygen atoms in total. The molecule has 4 rings (SSSR count). The number of fused-ring (bicyclic) bond motifs is 1. The first-order valence-corrected chi connectivity index (χ1v) is 12.9. The molecule has 1 saturated heterocycles. The second-order valence-corrected chi connectivity index (χ2v) is 10.1. The number of hydrogen-bond acceptors (Lipinski definition) is 4. The van der Waals surface area contributed by atoms with Crippen LogP contribution in [0.2, 0.25) is 5.02 Å². The Bertz CT molecular complexity index is 1180. The molecule has 1 aliphatic rings. The first-order chi connectivity index (χ1) is 16.8. The molecule has 0 unspecified atom stereocenters. The predicted molar refractivity (Wildman–Crippen MR) is 139 cm³/mol. The van der Waals surface area contributed by atoms with Crippen LogP contribution in [0.5, 0.6) is 0 Å². The molecule has 1 aromatic heterocycles. The predicted octanol–water partition coefficient (Wildman–Crippen LogP) is 5.94. The van der Waals surface area contributed by atoms with E-state index < -0.39 is 0 Å². The number of amides is 1. The SMILES string of the molecule is Cc1c(C(=O)CCCOC(C)C)ccc2nn(CC3CCN(C(=O)c4ccc(Cl)cc4)CC3)cc12. The zero-order valence-corrected chi connectivity index (χ0v) is 21.6. The van der Waals surface area contributed by atoms with Gasteiger partial charge in [0.25, 0.3) is 5.91 Å². The number of rotatable bonds is 9. The molecule has 0 atom stereocenters. The van der Waals surface area contributed by atoms with Crippen molar-refractivity contribution in [3.05, 3.63) is 64.3 Å². The van der Waals surface area contributed by atoms with Crippen molar-refractivity contribution >= 4 is 34.2 Å². The first-order valence-electron chi connectivity index (χ1n) is 12.5. The second kappa shape index (κ2) is 11.4. The molecule has 1 aliphatic heterocycles. The van der Waals surface area contributed by atoms with E-state index in [2.05, 4.69) is 6.20 Å². The number of aryl methyl sites for hydroxylation is 1. The van der Waals surface area contributed by atoms with Crippen molar-refractivity contribution in [1.82, 2.24) is 14.7 Å². The van der Waals surface area contributed by atoms with Crippen molar-refractivity contribution in [2.75, 3.05) is 19.7 Å². The Morgan fingerprint density at radius 1 is 1.11 bits per heavy atom. The van der Waals surface area contributed by atoms with E-state index in [1.807, 2.05) is 42.5 Å². The summed E-state index contributed by atoms with van der Waals surface area (Å²) in [4.78, 5) is 27.4. The average Bonchev–Trinajstić information content (AvgIpc) is 3.26. The largest absolute Gasteiger partial charge is 0.379 e. The zero-order valence-electron chi connectivity index (χ0n) is 20.8. The Morgan fingerprint density at radius 2 is 1.83 bits per heavy atom. The van der Waals surface area contributed by atoms with E-state index in [1.165, 1.54) is 0 Å². The lowest BCUT2D eigenvalue weighted by Crippen LogP contribution is -2.39. The van der Waals surface area contributed by atoms with Crippen LogP contribution in [-0.4, -0.2) is 52.2 Å². The lowest BCUT2D eigenvalue weighted by atomic mass is 9.96. The molecule has 7 heteroatoms. The lowest BCUT2D eigenvalue weighted by molar-refractivity contribution is 0.0681. The highest BCUT2D eigenvalue weighted by molar-refractivity contribution is 6.30. The Labute approximate surface area is 212 Å². The molecule has 1 fully saturated rings. The van der Waals surface area contributed by atoms with E-state index in [4.69, 9.17) is 21.4 Å². The quantitative estimate of drug-likeness (QED) is 0.272. The van der Waals surface area contributed by atoms with Gasteiger partial charge in [0.05, 0.1) is 11.6 Å². The third-order valence-corrected chi connectivity index (χ3v) is 7.00. The Kier molecular flexibility index (Phi) is 8.24. The van der Waals surface area contributed by atoms with Gasteiger partial charge in [0, 0.05) is 60.4 Å². The maximum atomic E-state index is 12.8. The monoisotopic (exact) mass is 495 g/mol. The van der Waals surface area contributed by atoms with Gasteiger partial charge in [0.1, 0.15) is 0 Å². The number of aromatic nitrogens is 2. The van der Waals surface area contributed by atoms with Crippen LogP contribution in [0.1, 0.15) is 65.8 Å². The summed E-state index contributed by atoms with van der Waals surface area (Å²) in [6.07, 6.45) is 5.35. The average molecular weight is 496 g/mol. The fourth-order valence-electron chi connectivity index (χ4n) is 4.72. The topological polar surface area (TPSA) is 64.4 Å². The van der Waals surface area contributed by atoms with Crippen molar-refractivity contribution in [3.8, 4) is 0 Å². The molecule has 2 aromatic carbocycles. The molecule has 0 bridgehead atoms. The second-order valence-electron chi connectivity index (χ2n) is 9.71. The van der Waals surface area contributed by atoms with Crippen LogP contribution in [0, 0.1) is 12.8 Å². The van der Waals surface area contributed by atoms with Crippen LogP contribution in [0.15, 0.2) is 42.6 Å². The molecule has 0 radical (unpaired) electrons. The lowest BCUT2D eigenvalue weighted by Gasteiger charge is -2.32. The minimum Gasteiger partial charge on any atom is -0.379 e. The van der Waals surface area contributed by atoms with Crippen LogP contribution in [0.25, 0.3) is 10.9 Å². The van der Waals surface area contributed by atoms with E-state index in [0.29, 0.717) is 29.5 Å². The van der Waals surface area contributed by atoms with Crippen LogP contribution >= 0.6 is 11.6 Å². The minimum absolute atomic E-state index is 0.0635. The molecule has 3 aromatic rings. The number of ether oxygens (including phenoxy) is 1. The highest BCUT2D eigenvalue weighted by Gasteiger charge is 2.24. The number of Topliss-reactive ketones (excluding diaryl/α,β-unsaturated/α-hetero) is 1. The third-order valence-electron chi connectivity index (χ3n) is 6.74.